The SMILES string of the molecule is CN1C(=O)NC(=N)CC1S(=O)(=O)O. The molecule has 3 N–H and O–H groups in total. The Morgan fingerprint density at radius 1 is 1.69 bits per heavy atom. The summed E-state index contributed by atoms with van der Waals surface area (Å²) < 4.78 is 30.2. The number of carbonyl (C=O) groups excluding carboxylic acids is 1. The fraction of sp³-hybridized carbons (Fsp3) is 0.600. The highest BCUT2D eigenvalue weighted by Gasteiger charge is 2.36. The van der Waals surface area contributed by atoms with Gasteiger partial charge in [-0.1, -0.05) is 0 Å². The Morgan fingerprint density at radius 3 is 2.69 bits per heavy atom. The lowest BCUT2D eigenvalue weighted by atomic mass is 10.3. The van der Waals surface area contributed by atoms with E-state index in [4.69, 9.17) is 9.96 Å². The minimum atomic E-state index is -4.32. The molecule has 1 atom stereocenters. The molecule has 0 aromatic carbocycles. The summed E-state index contributed by atoms with van der Waals surface area (Å²) in [6, 6.07) is -0.709. The third-order valence-corrected chi connectivity index (χ3v) is 2.90. The van der Waals surface area contributed by atoms with Gasteiger partial charge in [0.25, 0.3) is 10.1 Å². The molecule has 0 aliphatic carbocycles. The third kappa shape index (κ3) is 1.95. The second kappa shape index (κ2) is 2.96. The van der Waals surface area contributed by atoms with Crippen LogP contribution in [0.5, 0.6) is 0 Å². The van der Waals surface area contributed by atoms with Crippen LogP contribution in [0.2, 0.25) is 0 Å². The molecule has 0 bridgehead atoms. The number of hydrogen-bond acceptors (Lipinski definition) is 4. The van der Waals surface area contributed by atoms with Gasteiger partial charge in [-0.3, -0.25) is 15.3 Å². The fourth-order valence-corrected chi connectivity index (χ4v) is 1.89. The molecule has 0 radical (unpaired) electrons. The Bertz CT molecular complexity index is 349. The Balaban J connectivity index is 2.97. The van der Waals surface area contributed by atoms with Crippen molar-refractivity contribution in [3.8, 4) is 0 Å². The summed E-state index contributed by atoms with van der Waals surface area (Å²) in [5, 5.41) is 7.86. The maximum absolute atomic E-state index is 11.0. The number of nitrogens with zero attached hydrogens (tertiary/aromatic N) is 1. The lowest BCUT2D eigenvalue weighted by molar-refractivity contribution is 0.201. The Kier molecular flexibility index (Phi) is 2.26. The summed E-state index contributed by atoms with van der Waals surface area (Å²) in [4.78, 5) is 11.8. The molecule has 1 rings (SSSR count). The number of carbonyl (C=O) groups is 1. The van der Waals surface area contributed by atoms with Gasteiger partial charge in [-0.25, -0.2) is 4.79 Å². The first-order chi connectivity index (χ1) is 5.82. The zero-order valence-electron chi connectivity index (χ0n) is 6.81. The molecular weight excluding hydrogens is 198 g/mol. The van der Waals surface area contributed by atoms with Gasteiger partial charge in [0.15, 0.2) is 5.37 Å². The average Bonchev–Trinajstić information content (AvgIpc) is 1.94. The lowest BCUT2D eigenvalue weighted by Gasteiger charge is -2.30. The number of hydrogen-bond donors (Lipinski definition) is 3. The molecule has 0 aromatic heterocycles. The highest BCUT2D eigenvalue weighted by molar-refractivity contribution is 7.86. The van der Waals surface area contributed by atoms with Gasteiger partial charge in [-0.05, 0) is 0 Å². The topological polar surface area (TPSA) is 111 Å². The summed E-state index contributed by atoms with van der Waals surface area (Å²) in [6.07, 6.45) is -0.221. The van der Waals surface area contributed by atoms with E-state index in [-0.39, 0.29) is 12.3 Å². The normalized spacial score (nSPS) is 24.5. The monoisotopic (exact) mass is 207 g/mol. The van der Waals surface area contributed by atoms with Crippen LogP contribution >= 0.6 is 0 Å². The lowest BCUT2D eigenvalue weighted by Crippen LogP contribution is -2.55. The minimum Gasteiger partial charge on any atom is -0.308 e. The second-order valence-corrected chi connectivity index (χ2v) is 4.27. The molecule has 0 saturated carbocycles. The van der Waals surface area contributed by atoms with E-state index in [0.29, 0.717) is 0 Å². The maximum Gasteiger partial charge on any atom is 0.323 e. The average molecular weight is 207 g/mol. The predicted octanol–water partition coefficient (Wildman–Crippen LogP) is -0.777. The fourth-order valence-electron chi connectivity index (χ4n) is 1.02. The number of rotatable bonds is 1. The van der Waals surface area contributed by atoms with Gasteiger partial charge in [0.2, 0.25) is 0 Å². The summed E-state index contributed by atoms with van der Waals surface area (Å²) in [5.41, 5.74) is 0. The Hall–Kier alpha value is -1.15. The van der Waals surface area contributed by atoms with Crippen molar-refractivity contribution in [2.75, 3.05) is 7.05 Å². The summed E-state index contributed by atoms with van der Waals surface area (Å²) >= 11 is 0. The van der Waals surface area contributed by atoms with Gasteiger partial charge in [-0.2, -0.15) is 8.42 Å². The van der Waals surface area contributed by atoms with Crippen molar-refractivity contribution in [1.82, 2.24) is 10.2 Å². The summed E-state index contributed by atoms with van der Waals surface area (Å²) in [5.74, 6) is -0.217. The quantitative estimate of drug-likeness (QED) is 0.490. The van der Waals surface area contributed by atoms with E-state index in [1.807, 2.05) is 0 Å². The molecule has 1 aliphatic heterocycles. The zero-order chi connectivity index (χ0) is 10.2. The minimum absolute atomic E-state index is 0.217. The van der Waals surface area contributed by atoms with Crippen LogP contribution in [-0.2, 0) is 10.1 Å². The molecule has 1 unspecified atom stereocenters. The smallest absolute Gasteiger partial charge is 0.308 e. The number of amidine groups is 1. The van der Waals surface area contributed by atoms with Gasteiger partial charge in [-0.15, -0.1) is 0 Å². The molecule has 1 aliphatic rings. The molecule has 7 nitrogen and oxygen atoms in total. The van der Waals surface area contributed by atoms with Crippen molar-refractivity contribution < 1.29 is 17.8 Å². The predicted molar refractivity (Wildman–Crippen MR) is 44.0 cm³/mol. The standard InChI is InChI=1S/C5H9N3O4S/c1-8-4(13(10,11)12)2-3(6)7-5(8)9/h4H,2H2,1H3,(H2,6,7,9)(H,10,11,12). The zero-order valence-corrected chi connectivity index (χ0v) is 7.63. The van der Waals surface area contributed by atoms with Crippen LogP contribution in [-0.4, -0.2) is 42.2 Å². The van der Waals surface area contributed by atoms with Crippen LogP contribution < -0.4 is 5.32 Å². The number of nitrogens with one attached hydrogen (secondary N) is 2. The maximum atomic E-state index is 11.0. The van der Waals surface area contributed by atoms with E-state index in [2.05, 4.69) is 5.32 Å². The highest BCUT2D eigenvalue weighted by atomic mass is 32.2. The van der Waals surface area contributed by atoms with Crippen molar-refractivity contribution in [2.24, 2.45) is 0 Å². The first-order valence-electron chi connectivity index (χ1n) is 3.40. The van der Waals surface area contributed by atoms with E-state index in [1.54, 1.807) is 0 Å². The first-order valence-corrected chi connectivity index (χ1v) is 4.90. The van der Waals surface area contributed by atoms with Crippen LogP contribution in [0.3, 0.4) is 0 Å². The van der Waals surface area contributed by atoms with Crippen LogP contribution in [0.4, 0.5) is 4.79 Å². The number of urea groups is 1. The van der Waals surface area contributed by atoms with Crippen LogP contribution in [0.15, 0.2) is 0 Å². The van der Waals surface area contributed by atoms with Crippen molar-refractivity contribution in [3.63, 3.8) is 0 Å². The summed E-state index contributed by atoms with van der Waals surface area (Å²) in [7, 11) is -3.08. The van der Waals surface area contributed by atoms with Crippen LogP contribution in [0, 0.1) is 5.41 Å². The largest absolute Gasteiger partial charge is 0.323 e. The van der Waals surface area contributed by atoms with Gasteiger partial charge in [0.1, 0.15) is 5.84 Å². The Labute approximate surface area is 75.0 Å². The van der Waals surface area contributed by atoms with E-state index in [1.165, 1.54) is 7.05 Å². The summed E-state index contributed by atoms with van der Waals surface area (Å²) in [6.45, 7) is 0. The van der Waals surface area contributed by atoms with Gasteiger partial charge >= 0.3 is 6.03 Å². The van der Waals surface area contributed by atoms with E-state index in [0.717, 1.165) is 4.90 Å². The third-order valence-electron chi connectivity index (χ3n) is 1.73. The van der Waals surface area contributed by atoms with E-state index in [9.17, 15) is 13.2 Å². The van der Waals surface area contributed by atoms with Gasteiger partial charge in [0, 0.05) is 13.5 Å². The molecule has 8 heteroatoms. The molecule has 0 aromatic rings. The molecular formula is C5H9N3O4S. The number of amides is 2. The van der Waals surface area contributed by atoms with Crippen molar-refractivity contribution >= 4 is 22.0 Å². The van der Waals surface area contributed by atoms with Gasteiger partial charge < -0.3 is 4.90 Å². The molecule has 1 fully saturated rings. The molecule has 74 valence electrons. The molecule has 13 heavy (non-hydrogen) atoms. The molecule has 0 spiro atoms. The Morgan fingerprint density at radius 2 is 2.23 bits per heavy atom. The van der Waals surface area contributed by atoms with E-state index < -0.39 is 21.5 Å². The van der Waals surface area contributed by atoms with E-state index >= 15 is 0 Å². The van der Waals surface area contributed by atoms with Crippen molar-refractivity contribution in [2.45, 2.75) is 11.8 Å². The second-order valence-electron chi connectivity index (χ2n) is 2.69. The van der Waals surface area contributed by atoms with Gasteiger partial charge in [0.05, 0.1) is 0 Å². The van der Waals surface area contributed by atoms with Crippen molar-refractivity contribution in [3.05, 3.63) is 0 Å². The molecule has 1 heterocycles. The van der Waals surface area contributed by atoms with Crippen LogP contribution in [0.25, 0.3) is 0 Å². The highest BCUT2D eigenvalue weighted by Crippen LogP contribution is 2.13. The van der Waals surface area contributed by atoms with Crippen molar-refractivity contribution in [1.29, 1.82) is 5.41 Å². The molecule has 1 saturated heterocycles. The first kappa shape index (κ1) is 9.93. The molecule has 2 amide bonds. The van der Waals surface area contributed by atoms with Crippen LogP contribution in [0.1, 0.15) is 6.42 Å².